The van der Waals surface area contributed by atoms with Crippen LogP contribution in [0.15, 0.2) is 36.7 Å². The van der Waals surface area contributed by atoms with Crippen molar-refractivity contribution in [3.8, 4) is 0 Å². The smallest absolute Gasteiger partial charge is 0.214 e. The molecule has 0 amide bonds. The maximum Gasteiger partial charge on any atom is 0.214 e. The third-order valence-corrected chi connectivity index (χ3v) is 4.57. The van der Waals surface area contributed by atoms with Crippen molar-refractivity contribution in [3.63, 3.8) is 0 Å². The van der Waals surface area contributed by atoms with Gasteiger partial charge in [-0.25, -0.2) is 0 Å². The third-order valence-electron chi connectivity index (χ3n) is 3.56. The van der Waals surface area contributed by atoms with Crippen molar-refractivity contribution in [3.05, 3.63) is 42.2 Å². The van der Waals surface area contributed by atoms with Gasteiger partial charge in [-0.1, -0.05) is 32.0 Å². The van der Waals surface area contributed by atoms with Crippen LogP contribution in [-0.4, -0.2) is 30.3 Å². The van der Waals surface area contributed by atoms with Crippen LogP contribution in [0.25, 0.3) is 0 Å². The summed E-state index contributed by atoms with van der Waals surface area (Å²) in [6, 6.07) is 7.84. The molecule has 0 aliphatic carbocycles. The van der Waals surface area contributed by atoms with E-state index < -0.39 is 4.75 Å². The zero-order chi connectivity index (χ0) is 15.3. The molecule has 0 radical (unpaired) electrons. The van der Waals surface area contributed by atoms with Gasteiger partial charge in [-0.3, -0.25) is 0 Å². The molecule has 1 atom stereocenters. The van der Waals surface area contributed by atoms with Crippen LogP contribution in [0.5, 0.6) is 0 Å². The summed E-state index contributed by atoms with van der Waals surface area (Å²) < 4.78 is 14.8. The van der Waals surface area contributed by atoms with Crippen LogP contribution >= 0.6 is 12.1 Å². The Morgan fingerprint density at radius 1 is 1.35 bits per heavy atom. The van der Waals surface area contributed by atoms with Gasteiger partial charge in [-0.15, -0.1) is 0 Å². The Hall–Kier alpha value is -1.29. The zero-order valence-corrected chi connectivity index (χ0v) is 13.7. The quantitative estimate of drug-likeness (QED) is 0.561. The molecule has 1 aromatic carbocycles. The summed E-state index contributed by atoms with van der Waals surface area (Å²) in [5.74, 6) is 0.171. The predicted octanol–water partition coefficient (Wildman–Crippen LogP) is 4.55. The summed E-state index contributed by atoms with van der Waals surface area (Å²) >= 11 is 0.400. The fraction of sp³-hybridized carbons (Fsp3) is 0.438. The fourth-order valence-electron chi connectivity index (χ4n) is 1.88. The number of nitrogens with zero attached hydrogens (tertiary/aromatic N) is 2. The second kappa shape index (κ2) is 6.93. The number of hydrogen-bond acceptors (Lipinski definition) is 2. The first-order valence-electron chi connectivity index (χ1n) is 6.66. The molecule has 4 heteroatoms. The lowest BCUT2D eigenvalue weighted by Gasteiger charge is -2.29. The van der Waals surface area contributed by atoms with Crippen molar-refractivity contribution in [2.75, 3.05) is 14.1 Å². The molecule has 0 aliphatic heterocycles. The molecule has 0 saturated heterocycles. The molecule has 2 nitrogen and oxygen atoms in total. The van der Waals surface area contributed by atoms with Gasteiger partial charge in [-0.05, 0) is 12.8 Å². The van der Waals surface area contributed by atoms with Gasteiger partial charge < -0.3 is 4.90 Å². The van der Waals surface area contributed by atoms with Gasteiger partial charge in [-0.2, -0.15) is 8.46 Å². The molecule has 20 heavy (non-hydrogen) atoms. The predicted molar refractivity (Wildman–Crippen MR) is 87.2 cm³/mol. The first kappa shape index (κ1) is 16.8. The lowest BCUT2D eigenvalue weighted by molar-refractivity contribution is -0.351. The highest BCUT2D eigenvalue weighted by atomic mass is 32.2. The number of halogens is 1. The van der Waals surface area contributed by atoms with E-state index in [0.29, 0.717) is 12.1 Å². The van der Waals surface area contributed by atoms with Crippen molar-refractivity contribution in [1.82, 2.24) is 4.90 Å². The highest BCUT2D eigenvalue weighted by Gasteiger charge is 2.37. The minimum absolute atomic E-state index is 0.171. The first-order chi connectivity index (χ1) is 9.32. The van der Waals surface area contributed by atoms with Gasteiger partial charge in [0.1, 0.15) is 6.72 Å². The summed E-state index contributed by atoms with van der Waals surface area (Å²) in [7, 11) is 3.90. The van der Waals surface area contributed by atoms with Crippen LogP contribution < -0.4 is 0 Å². The Bertz CT molecular complexity index is 497. The molecule has 110 valence electrons. The highest BCUT2D eigenvalue weighted by Crippen LogP contribution is 2.46. The van der Waals surface area contributed by atoms with Gasteiger partial charge in [0.25, 0.3) is 0 Å². The number of para-hydroxylation sites is 1. The Balaban J connectivity index is 3.27. The van der Waals surface area contributed by atoms with Crippen LogP contribution in [0.4, 0.5) is 9.57 Å². The molecule has 1 rings (SSSR count). The molecule has 1 unspecified atom stereocenters. The van der Waals surface area contributed by atoms with Gasteiger partial charge in [0.15, 0.2) is 6.20 Å². The molecular weight excluding hydrogens is 271 g/mol. The minimum Gasteiger partial charge on any atom is -0.379 e. The van der Waals surface area contributed by atoms with Crippen molar-refractivity contribution < 1.29 is 8.46 Å². The van der Waals surface area contributed by atoms with E-state index in [9.17, 15) is 3.89 Å². The summed E-state index contributed by atoms with van der Waals surface area (Å²) in [4.78, 5) is 1.94. The second-order valence-electron chi connectivity index (χ2n) is 5.59. The van der Waals surface area contributed by atoms with E-state index >= 15 is 0 Å². The van der Waals surface area contributed by atoms with E-state index in [4.69, 9.17) is 0 Å². The van der Waals surface area contributed by atoms with Crippen molar-refractivity contribution in [1.29, 1.82) is 0 Å². The van der Waals surface area contributed by atoms with E-state index in [2.05, 4.69) is 6.72 Å². The van der Waals surface area contributed by atoms with Crippen molar-refractivity contribution in [2.45, 2.75) is 25.5 Å². The third kappa shape index (κ3) is 3.63. The molecule has 0 saturated carbocycles. The molecule has 0 aromatic heterocycles. The molecule has 0 spiro atoms. The van der Waals surface area contributed by atoms with E-state index in [1.807, 2.05) is 76.4 Å². The lowest BCUT2D eigenvalue weighted by atomic mass is 9.88. The average Bonchev–Trinajstić information content (AvgIpc) is 2.43. The lowest BCUT2D eigenvalue weighted by Crippen LogP contribution is -2.24. The maximum absolute atomic E-state index is 13.6. The Labute approximate surface area is 126 Å². The van der Waals surface area contributed by atoms with Gasteiger partial charge in [0, 0.05) is 25.7 Å². The van der Waals surface area contributed by atoms with Crippen LogP contribution in [0.1, 0.15) is 26.3 Å². The maximum atomic E-state index is 13.6. The Morgan fingerprint density at radius 2 is 1.95 bits per heavy atom. The Morgan fingerprint density at radius 3 is 2.45 bits per heavy atom. The van der Waals surface area contributed by atoms with Crippen molar-refractivity contribution >= 4 is 24.6 Å². The molecular formula is C16H24FN2S+. The van der Waals surface area contributed by atoms with Gasteiger partial charge in [0.05, 0.1) is 23.1 Å². The van der Waals surface area contributed by atoms with E-state index in [1.165, 1.54) is 0 Å². The van der Waals surface area contributed by atoms with Gasteiger partial charge >= 0.3 is 0 Å². The fourth-order valence-corrected chi connectivity index (χ4v) is 2.31. The Kier molecular flexibility index (Phi) is 5.81. The summed E-state index contributed by atoms with van der Waals surface area (Å²) in [5.41, 5.74) is 1.88. The number of hydrogen-bond donors (Lipinski definition) is 0. The number of benzene rings is 1. The largest absolute Gasteiger partial charge is 0.379 e. The average molecular weight is 295 g/mol. The number of rotatable bonds is 6. The topological polar surface area (TPSA) is 6.25 Å². The first-order valence-corrected chi connectivity index (χ1v) is 7.38. The molecule has 0 N–H and O–H groups in total. The second-order valence-corrected chi connectivity index (χ2v) is 6.59. The summed E-state index contributed by atoms with van der Waals surface area (Å²) in [6.07, 6.45) is 3.79. The SMILES string of the molecule is C=[N+](/C=C\N(C)C)c1ccccc1C(C)(SF)C(C)C. The van der Waals surface area contributed by atoms with Crippen molar-refractivity contribution in [2.24, 2.45) is 5.92 Å². The summed E-state index contributed by atoms with van der Waals surface area (Å²) in [5, 5.41) is 0. The van der Waals surface area contributed by atoms with Crippen LogP contribution in [0.2, 0.25) is 0 Å². The van der Waals surface area contributed by atoms with E-state index in [-0.39, 0.29) is 5.92 Å². The highest BCUT2D eigenvalue weighted by molar-refractivity contribution is 7.95. The normalized spacial score (nSPS) is 14.6. The summed E-state index contributed by atoms with van der Waals surface area (Å²) in [6.45, 7) is 10.0. The van der Waals surface area contributed by atoms with Crippen LogP contribution in [0.3, 0.4) is 0 Å². The molecule has 0 aliphatic rings. The van der Waals surface area contributed by atoms with Crippen LogP contribution in [0, 0.1) is 5.92 Å². The van der Waals surface area contributed by atoms with Gasteiger partial charge in [0.2, 0.25) is 5.69 Å². The zero-order valence-electron chi connectivity index (χ0n) is 12.9. The standard InChI is InChI=1S/C16H24FN2S/c1-13(2)16(3,20-17)14-9-7-8-10-15(14)19(6)12-11-18(4)5/h7-13H,6H2,1-5H3/q+1/b12-11-. The minimum atomic E-state index is -0.585. The van der Waals surface area contributed by atoms with Crippen LogP contribution in [-0.2, 0) is 4.75 Å². The molecule has 0 heterocycles. The molecule has 0 bridgehead atoms. The molecule has 0 fully saturated rings. The van der Waals surface area contributed by atoms with E-state index in [1.54, 1.807) is 4.58 Å². The molecule has 1 aromatic rings. The monoisotopic (exact) mass is 295 g/mol. The van der Waals surface area contributed by atoms with E-state index in [0.717, 1.165) is 11.3 Å².